The highest BCUT2D eigenvalue weighted by Gasteiger charge is 2.16. The van der Waals surface area contributed by atoms with Crippen molar-refractivity contribution in [3.8, 4) is 31.0 Å². The lowest BCUT2D eigenvalue weighted by Crippen LogP contribution is -2.16. The number of rotatable bonds is 3. The van der Waals surface area contributed by atoms with Crippen molar-refractivity contribution in [1.29, 1.82) is 0 Å². The second kappa shape index (κ2) is 7.21. The average molecular weight is 423 g/mol. The minimum atomic E-state index is -1.37. The van der Waals surface area contributed by atoms with Gasteiger partial charge in [-0.15, -0.1) is 39.6 Å². The average Bonchev–Trinajstić information content (AvgIpc) is 3.36. The van der Waals surface area contributed by atoms with Crippen molar-refractivity contribution in [1.82, 2.24) is 0 Å². The van der Waals surface area contributed by atoms with Gasteiger partial charge in [0.2, 0.25) is 0 Å². The van der Waals surface area contributed by atoms with Crippen LogP contribution in [-0.2, 0) is 0 Å². The van der Waals surface area contributed by atoms with Crippen molar-refractivity contribution in [2.24, 2.45) is 0 Å². The van der Waals surface area contributed by atoms with Crippen LogP contribution in [0, 0.1) is 11.5 Å². The van der Waals surface area contributed by atoms with E-state index in [1.165, 1.54) is 25.4 Å². The Bertz CT molecular complexity index is 1190. The zero-order valence-corrected chi connectivity index (χ0v) is 18.8. The Balaban J connectivity index is 1.82. The van der Waals surface area contributed by atoms with Crippen molar-refractivity contribution >= 4 is 59.1 Å². The summed E-state index contributed by atoms with van der Waals surface area (Å²) in [7, 11) is -1.37. The van der Waals surface area contributed by atoms with Gasteiger partial charge in [0.15, 0.2) is 6.29 Å². The molecule has 0 atom stereocenters. The summed E-state index contributed by atoms with van der Waals surface area (Å²) in [5.41, 5.74) is 3.45. The number of fused-ring (bicyclic) bond motifs is 1. The third-order valence-corrected chi connectivity index (χ3v) is 8.45. The number of hydrogen-bond donors (Lipinski definition) is 0. The summed E-state index contributed by atoms with van der Waals surface area (Å²) in [5.74, 6) is 3.37. The fourth-order valence-corrected chi connectivity index (χ4v) is 6.58. The molecule has 134 valence electrons. The van der Waals surface area contributed by atoms with Crippen molar-refractivity contribution < 1.29 is 4.79 Å². The third kappa shape index (κ3) is 3.85. The van der Waals surface area contributed by atoms with Crippen LogP contribution in [0.25, 0.3) is 30.3 Å². The summed E-state index contributed by atoms with van der Waals surface area (Å²) in [5, 5.41) is 2.52. The highest BCUT2D eigenvalue weighted by molar-refractivity contribution is 7.28. The lowest BCUT2D eigenvalue weighted by Gasteiger charge is -2.02. The maximum absolute atomic E-state index is 11.1. The van der Waals surface area contributed by atoms with Crippen molar-refractivity contribution in [3.05, 3.63) is 58.3 Å². The van der Waals surface area contributed by atoms with E-state index in [0.29, 0.717) is 0 Å². The zero-order chi connectivity index (χ0) is 19.0. The van der Waals surface area contributed by atoms with Gasteiger partial charge in [-0.25, -0.2) is 0 Å². The second-order valence-corrected chi connectivity index (χ2v) is 15.3. The Morgan fingerprint density at radius 3 is 2.04 bits per heavy atom. The van der Waals surface area contributed by atoms with Gasteiger partial charge in [0.05, 0.1) is 19.5 Å². The number of aldehydes is 1. The molecular formula is C22H18OS3Si. The molecule has 5 heteroatoms. The molecule has 4 aromatic rings. The lowest BCUT2D eigenvalue weighted by molar-refractivity contribution is 0.112. The van der Waals surface area contributed by atoms with Crippen LogP contribution in [-0.4, -0.2) is 14.4 Å². The summed E-state index contributed by atoms with van der Waals surface area (Å²) in [6.45, 7) is 6.80. The maximum atomic E-state index is 11.1. The summed E-state index contributed by atoms with van der Waals surface area (Å²) in [6.07, 6.45) is 0.924. The van der Waals surface area contributed by atoms with Crippen LogP contribution >= 0.6 is 34.0 Å². The van der Waals surface area contributed by atoms with E-state index in [0.717, 1.165) is 20.9 Å². The van der Waals surface area contributed by atoms with E-state index in [9.17, 15) is 4.79 Å². The van der Waals surface area contributed by atoms with Crippen molar-refractivity contribution in [2.45, 2.75) is 19.6 Å². The summed E-state index contributed by atoms with van der Waals surface area (Å²) in [6, 6.07) is 16.8. The Morgan fingerprint density at radius 2 is 1.44 bits per heavy atom. The van der Waals surface area contributed by atoms with Crippen LogP contribution in [0.15, 0.2) is 48.5 Å². The molecule has 3 aromatic heterocycles. The Morgan fingerprint density at radius 1 is 0.815 bits per heavy atom. The minimum Gasteiger partial charge on any atom is -0.297 e. The molecule has 4 rings (SSSR count). The van der Waals surface area contributed by atoms with Crippen LogP contribution < -0.4 is 0 Å². The molecule has 1 aromatic carbocycles. The molecule has 0 amide bonds. The molecule has 0 saturated carbocycles. The van der Waals surface area contributed by atoms with Gasteiger partial charge in [-0.05, 0) is 24.3 Å². The summed E-state index contributed by atoms with van der Waals surface area (Å²) < 4.78 is 0. The minimum absolute atomic E-state index is 0.768. The first-order chi connectivity index (χ1) is 12.9. The molecule has 0 unspecified atom stereocenters. The van der Waals surface area contributed by atoms with Crippen molar-refractivity contribution in [2.75, 3.05) is 0 Å². The van der Waals surface area contributed by atoms with Gasteiger partial charge < -0.3 is 0 Å². The predicted octanol–water partition coefficient (Wildman–Crippen LogP) is 7.40. The highest BCUT2D eigenvalue weighted by Crippen LogP contribution is 2.47. The quantitative estimate of drug-likeness (QED) is 0.191. The molecule has 0 aliphatic rings. The van der Waals surface area contributed by atoms with Gasteiger partial charge in [-0.2, -0.15) is 0 Å². The molecule has 0 spiro atoms. The monoisotopic (exact) mass is 422 g/mol. The standard InChI is InChI=1S/C22H18OS3Si/c1-27(2,3)13-12-15-8-10-19(24-15)21-17-6-4-5-7-18(17)22(26-21)20-11-9-16(14-23)25-20/h4-11,14H,1-3H3. The first-order valence-electron chi connectivity index (χ1n) is 8.65. The molecular weight excluding hydrogens is 405 g/mol. The van der Waals surface area contributed by atoms with E-state index in [-0.39, 0.29) is 0 Å². The number of thiophene rings is 3. The molecule has 27 heavy (non-hydrogen) atoms. The lowest BCUT2D eigenvalue weighted by atomic mass is 10.1. The van der Waals surface area contributed by atoms with Crippen molar-refractivity contribution in [3.63, 3.8) is 0 Å². The van der Waals surface area contributed by atoms with Gasteiger partial charge in [-0.1, -0.05) is 49.8 Å². The van der Waals surface area contributed by atoms with Crippen LogP contribution in [0.2, 0.25) is 19.6 Å². The number of carbonyl (C=O) groups excluding carboxylic acids is 1. The van der Waals surface area contributed by atoms with E-state index in [2.05, 4.69) is 73.6 Å². The van der Waals surface area contributed by atoms with Gasteiger partial charge in [0.25, 0.3) is 0 Å². The fraction of sp³-hybridized carbons (Fsp3) is 0.136. The third-order valence-electron chi connectivity index (χ3n) is 3.98. The topological polar surface area (TPSA) is 17.1 Å². The van der Waals surface area contributed by atoms with Gasteiger partial charge in [-0.3, -0.25) is 4.79 Å². The number of hydrogen-bond acceptors (Lipinski definition) is 4. The fourth-order valence-electron chi connectivity index (χ4n) is 2.77. The second-order valence-electron chi connectivity index (χ2n) is 7.29. The van der Waals surface area contributed by atoms with E-state index < -0.39 is 8.07 Å². The van der Waals surface area contributed by atoms with E-state index >= 15 is 0 Å². The molecule has 0 fully saturated rings. The molecule has 0 N–H and O–H groups in total. The number of carbonyl (C=O) groups is 1. The first-order valence-corrected chi connectivity index (χ1v) is 14.6. The SMILES string of the molecule is C[Si](C)(C)C#Cc1ccc(-c2sc(-c3ccc(C=O)s3)c3ccccc23)s1. The Labute approximate surface area is 172 Å². The Hall–Kier alpha value is -1.97. The van der Waals surface area contributed by atoms with Gasteiger partial charge in [0, 0.05) is 20.5 Å². The molecule has 0 aliphatic carbocycles. The molecule has 3 heterocycles. The molecule has 0 bridgehead atoms. The summed E-state index contributed by atoms with van der Waals surface area (Å²) in [4.78, 5) is 17.9. The normalized spacial score (nSPS) is 11.4. The molecule has 1 nitrogen and oxygen atoms in total. The molecule has 0 aliphatic heterocycles. The van der Waals surface area contributed by atoms with E-state index in [1.807, 2.05) is 6.07 Å². The maximum Gasteiger partial charge on any atom is 0.160 e. The van der Waals surface area contributed by atoms with E-state index in [1.54, 1.807) is 34.0 Å². The zero-order valence-electron chi connectivity index (χ0n) is 15.3. The highest BCUT2D eigenvalue weighted by atomic mass is 32.1. The van der Waals surface area contributed by atoms with Crippen LogP contribution in [0.4, 0.5) is 0 Å². The largest absolute Gasteiger partial charge is 0.297 e. The van der Waals surface area contributed by atoms with Gasteiger partial charge >= 0.3 is 0 Å². The van der Waals surface area contributed by atoms with Gasteiger partial charge in [0.1, 0.15) is 8.07 Å². The molecule has 0 radical (unpaired) electrons. The first kappa shape index (κ1) is 18.4. The van der Waals surface area contributed by atoms with Crippen LogP contribution in [0.3, 0.4) is 0 Å². The Kier molecular flexibility index (Phi) is 4.91. The number of benzene rings is 1. The summed E-state index contributed by atoms with van der Waals surface area (Å²) >= 11 is 5.12. The van der Waals surface area contributed by atoms with Crippen LogP contribution in [0.1, 0.15) is 14.5 Å². The predicted molar refractivity (Wildman–Crippen MR) is 124 cm³/mol. The van der Waals surface area contributed by atoms with E-state index in [4.69, 9.17) is 0 Å². The molecule has 0 saturated heterocycles. The smallest absolute Gasteiger partial charge is 0.160 e. The van der Waals surface area contributed by atoms with Crippen LogP contribution in [0.5, 0.6) is 0 Å².